The molecule has 0 aliphatic heterocycles. The Kier molecular flexibility index (Phi) is 6.63. The van der Waals surface area contributed by atoms with Gasteiger partial charge in [0.15, 0.2) is 0 Å². The summed E-state index contributed by atoms with van der Waals surface area (Å²) < 4.78 is 5.29. The molecule has 0 atom stereocenters. The van der Waals surface area contributed by atoms with Crippen molar-refractivity contribution in [1.29, 1.82) is 0 Å². The number of benzene rings is 3. The fourth-order valence-corrected chi connectivity index (χ4v) is 2.93. The van der Waals surface area contributed by atoms with Crippen LogP contribution >= 0.6 is 0 Å². The third kappa shape index (κ3) is 5.23. The van der Waals surface area contributed by atoms with Crippen LogP contribution < -0.4 is 15.4 Å². The van der Waals surface area contributed by atoms with Gasteiger partial charge in [0.25, 0.3) is 11.8 Å². The number of amides is 2. The van der Waals surface area contributed by atoms with Crippen LogP contribution in [0.2, 0.25) is 0 Å². The molecule has 29 heavy (non-hydrogen) atoms. The van der Waals surface area contributed by atoms with Crippen molar-refractivity contribution in [3.8, 4) is 5.75 Å². The van der Waals surface area contributed by atoms with Crippen LogP contribution in [-0.4, -0.2) is 18.9 Å². The number of carbonyl (C=O) groups excluding carboxylic acids is 2. The Labute approximate surface area is 170 Å². The SMILES string of the molecule is CCc1ccc(NC(=O)c2ccc(C(=O)NCc3ccccc3OC)cc2)cc1. The predicted octanol–water partition coefficient (Wildman–Crippen LogP) is 4.44. The first-order valence-corrected chi connectivity index (χ1v) is 9.51. The van der Waals surface area contributed by atoms with Gasteiger partial charge in [0, 0.05) is 28.9 Å². The Bertz CT molecular complexity index is 980. The van der Waals surface area contributed by atoms with Gasteiger partial charge in [0.2, 0.25) is 0 Å². The molecule has 0 aliphatic rings. The minimum atomic E-state index is -0.213. The lowest BCUT2D eigenvalue weighted by Gasteiger charge is -2.10. The molecule has 0 saturated heterocycles. The van der Waals surface area contributed by atoms with Crippen LogP contribution in [0, 0.1) is 0 Å². The molecule has 3 aromatic carbocycles. The first-order chi connectivity index (χ1) is 14.1. The third-order valence-electron chi connectivity index (χ3n) is 4.66. The molecule has 5 nitrogen and oxygen atoms in total. The molecule has 2 N–H and O–H groups in total. The van der Waals surface area contributed by atoms with E-state index in [2.05, 4.69) is 17.6 Å². The zero-order valence-electron chi connectivity index (χ0n) is 16.6. The van der Waals surface area contributed by atoms with Gasteiger partial charge in [-0.15, -0.1) is 0 Å². The topological polar surface area (TPSA) is 67.4 Å². The summed E-state index contributed by atoms with van der Waals surface area (Å²) in [7, 11) is 1.60. The van der Waals surface area contributed by atoms with E-state index < -0.39 is 0 Å². The van der Waals surface area contributed by atoms with Gasteiger partial charge in [0.1, 0.15) is 5.75 Å². The van der Waals surface area contributed by atoms with Crippen LogP contribution in [0.3, 0.4) is 0 Å². The molecule has 2 amide bonds. The number of rotatable bonds is 7. The van der Waals surface area contributed by atoms with Gasteiger partial charge in [-0.05, 0) is 54.4 Å². The summed E-state index contributed by atoms with van der Waals surface area (Å²) in [4.78, 5) is 24.8. The average molecular weight is 388 g/mol. The number of methoxy groups -OCH3 is 1. The van der Waals surface area contributed by atoms with Gasteiger partial charge in [-0.2, -0.15) is 0 Å². The summed E-state index contributed by atoms with van der Waals surface area (Å²) in [6.45, 7) is 2.44. The molecule has 0 heterocycles. The highest BCUT2D eigenvalue weighted by atomic mass is 16.5. The van der Waals surface area contributed by atoms with E-state index >= 15 is 0 Å². The van der Waals surface area contributed by atoms with Gasteiger partial charge in [-0.25, -0.2) is 0 Å². The lowest BCUT2D eigenvalue weighted by molar-refractivity contribution is 0.0949. The summed E-state index contributed by atoms with van der Waals surface area (Å²) in [6, 6.07) is 21.9. The van der Waals surface area contributed by atoms with Crippen molar-refractivity contribution in [2.24, 2.45) is 0 Å². The molecule has 0 bridgehead atoms. The fourth-order valence-electron chi connectivity index (χ4n) is 2.93. The highest BCUT2D eigenvalue weighted by Gasteiger charge is 2.10. The van der Waals surface area contributed by atoms with E-state index in [1.807, 2.05) is 48.5 Å². The first-order valence-electron chi connectivity index (χ1n) is 9.51. The summed E-state index contributed by atoms with van der Waals surface area (Å²) in [5.41, 5.74) is 3.83. The summed E-state index contributed by atoms with van der Waals surface area (Å²) >= 11 is 0. The molecule has 3 aromatic rings. The van der Waals surface area contributed by atoms with Gasteiger partial charge in [-0.1, -0.05) is 37.3 Å². The molecule has 0 unspecified atom stereocenters. The largest absolute Gasteiger partial charge is 0.496 e. The summed E-state index contributed by atoms with van der Waals surface area (Å²) in [5, 5.41) is 5.73. The molecule has 148 valence electrons. The van der Waals surface area contributed by atoms with Crippen molar-refractivity contribution in [1.82, 2.24) is 5.32 Å². The number of nitrogens with one attached hydrogen (secondary N) is 2. The number of para-hydroxylation sites is 1. The molecule has 0 radical (unpaired) electrons. The van der Waals surface area contributed by atoms with Gasteiger partial charge >= 0.3 is 0 Å². The normalized spacial score (nSPS) is 10.3. The number of aryl methyl sites for hydroxylation is 1. The van der Waals surface area contributed by atoms with Gasteiger partial charge in [0.05, 0.1) is 7.11 Å². The van der Waals surface area contributed by atoms with Crippen LogP contribution in [0.25, 0.3) is 0 Å². The van der Waals surface area contributed by atoms with E-state index in [1.165, 1.54) is 5.56 Å². The highest BCUT2D eigenvalue weighted by Crippen LogP contribution is 2.17. The van der Waals surface area contributed by atoms with Crippen LogP contribution in [-0.2, 0) is 13.0 Å². The van der Waals surface area contributed by atoms with Crippen LogP contribution in [0.5, 0.6) is 5.75 Å². The second kappa shape index (κ2) is 9.55. The smallest absolute Gasteiger partial charge is 0.255 e. The Morgan fingerprint density at radius 3 is 2.07 bits per heavy atom. The quantitative estimate of drug-likeness (QED) is 0.629. The second-order valence-electron chi connectivity index (χ2n) is 6.58. The summed E-state index contributed by atoms with van der Waals surface area (Å²) in [6.07, 6.45) is 0.953. The van der Waals surface area contributed by atoms with E-state index in [-0.39, 0.29) is 11.8 Å². The molecule has 0 fully saturated rings. The zero-order chi connectivity index (χ0) is 20.6. The second-order valence-corrected chi connectivity index (χ2v) is 6.58. The standard InChI is InChI=1S/C24H24N2O3/c1-3-17-8-14-21(15-9-17)26-24(28)19-12-10-18(11-13-19)23(27)25-16-20-6-4-5-7-22(20)29-2/h4-15H,3,16H2,1-2H3,(H,25,27)(H,26,28). The Morgan fingerprint density at radius 2 is 1.45 bits per heavy atom. The van der Waals surface area contributed by atoms with Gasteiger partial charge < -0.3 is 15.4 Å². The lowest BCUT2D eigenvalue weighted by Crippen LogP contribution is -2.23. The van der Waals surface area contributed by atoms with E-state index in [4.69, 9.17) is 4.74 Å². The molecule has 0 aliphatic carbocycles. The maximum atomic E-state index is 12.4. The van der Waals surface area contributed by atoms with Crippen molar-refractivity contribution < 1.29 is 14.3 Å². The van der Waals surface area contributed by atoms with Gasteiger partial charge in [-0.3, -0.25) is 9.59 Å². The third-order valence-corrected chi connectivity index (χ3v) is 4.66. The number of hydrogen-bond acceptors (Lipinski definition) is 3. The van der Waals surface area contributed by atoms with Crippen LogP contribution in [0.15, 0.2) is 72.8 Å². The summed E-state index contributed by atoms with van der Waals surface area (Å²) in [5.74, 6) is 0.306. The first kappa shape index (κ1) is 20.1. The highest BCUT2D eigenvalue weighted by molar-refractivity contribution is 6.05. The molecule has 0 spiro atoms. The Balaban J connectivity index is 1.59. The van der Waals surface area contributed by atoms with Crippen molar-refractivity contribution in [2.75, 3.05) is 12.4 Å². The Morgan fingerprint density at radius 1 is 0.828 bits per heavy atom. The van der Waals surface area contributed by atoms with Crippen molar-refractivity contribution in [3.05, 3.63) is 95.1 Å². The maximum absolute atomic E-state index is 12.4. The van der Waals surface area contributed by atoms with Crippen molar-refractivity contribution in [3.63, 3.8) is 0 Å². The number of carbonyl (C=O) groups is 2. The molecular weight excluding hydrogens is 364 g/mol. The monoisotopic (exact) mass is 388 g/mol. The van der Waals surface area contributed by atoms with Crippen molar-refractivity contribution >= 4 is 17.5 Å². The van der Waals surface area contributed by atoms with E-state index in [0.717, 1.165) is 23.4 Å². The molecule has 0 saturated carbocycles. The van der Waals surface area contributed by atoms with E-state index in [1.54, 1.807) is 31.4 Å². The zero-order valence-corrected chi connectivity index (χ0v) is 16.6. The van der Waals surface area contributed by atoms with Crippen molar-refractivity contribution in [2.45, 2.75) is 19.9 Å². The maximum Gasteiger partial charge on any atom is 0.255 e. The van der Waals surface area contributed by atoms with E-state index in [9.17, 15) is 9.59 Å². The van der Waals surface area contributed by atoms with Crippen LogP contribution in [0.1, 0.15) is 38.8 Å². The molecular formula is C24H24N2O3. The molecule has 5 heteroatoms. The predicted molar refractivity (Wildman–Crippen MR) is 114 cm³/mol. The van der Waals surface area contributed by atoms with Crippen LogP contribution in [0.4, 0.5) is 5.69 Å². The fraction of sp³-hybridized carbons (Fsp3) is 0.167. The van der Waals surface area contributed by atoms with E-state index in [0.29, 0.717) is 17.7 Å². The average Bonchev–Trinajstić information content (AvgIpc) is 2.78. The molecule has 3 rings (SSSR count). The number of anilines is 1. The minimum Gasteiger partial charge on any atom is -0.496 e. The lowest BCUT2D eigenvalue weighted by atomic mass is 10.1. The number of hydrogen-bond donors (Lipinski definition) is 2. The number of ether oxygens (including phenoxy) is 1. The Hall–Kier alpha value is -3.60. The molecule has 0 aromatic heterocycles. The minimum absolute atomic E-state index is 0.210.